The van der Waals surface area contributed by atoms with Gasteiger partial charge in [0, 0.05) is 5.56 Å². The summed E-state index contributed by atoms with van der Waals surface area (Å²) < 4.78 is 5.80. The summed E-state index contributed by atoms with van der Waals surface area (Å²) in [6.45, 7) is 3.04. The molecule has 0 radical (unpaired) electrons. The van der Waals surface area contributed by atoms with Crippen molar-refractivity contribution in [2.24, 2.45) is 0 Å². The van der Waals surface area contributed by atoms with Crippen molar-refractivity contribution in [2.75, 3.05) is 6.61 Å². The fourth-order valence-corrected chi connectivity index (χ4v) is 2.71. The third-order valence-electron chi connectivity index (χ3n) is 4.04. The highest BCUT2D eigenvalue weighted by atomic mass is 35.5. The lowest BCUT2D eigenvalue weighted by Gasteiger charge is -2.07. The quantitative estimate of drug-likeness (QED) is 0.447. The number of halogens is 1. The molecule has 0 atom stereocenters. The van der Waals surface area contributed by atoms with Crippen molar-refractivity contribution in [1.29, 1.82) is 0 Å². The van der Waals surface area contributed by atoms with E-state index in [4.69, 9.17) is 16.3 Å². The van der Waals surface area contributed by atoms with Crippen LogP contribution in [0.5, 0.6) is 5.75 Å². The Kier molecular flexibility index (Phi) is 8.61. The van der Waals surface area contributed by atoms with Gasteiger partial charge in [-0.3, -0.25) is 4.98 Å². The first kappa shape index (κ1) is 18.7. The van der Waals surface area contributed by atoms with Crippen LogP contribution in [0.3, 0.4) is 0 Å². The van der Waals surface area contributed by atoms with E-state index >= 15 is 0 Å². The van der Waals surface area contributed by atoms with E-state index in [0.717, 1.165) is 30.0 Å². The fraction of sp³-hybridized carbons (Fsp3) is 0.500. The molecule has 0 aliphatic heterocycles. The first-order valence-electron chi connectivity index (χ1n) is 9.00. The first-order chi connectivity index (χ1) is 11.8. The zero-order valence-electron chi connectivity index (χ0n) is 14.5. The van der Waals surface area contributed by atoms with E-state index in [1.54, 1.807) is 12.4 Å². The van der Waals surface area contributed by atoms with Crippen molar-refractivity contribution in [2.45, 2.75) is 58.3 Å². The molecule has 0 amide bonds. The van der Waals surface area contributed by atoms with E-state index in [9.17, 15) is 0 Å². The topological polar surface area (TPSA) is 35.0 Å². The van der Waals surface area contributed by atoms with Crippen LogP contribution in [0.2, 0.25) is 5.15 Å². The van der Waals surface area contributed by atoms with Crippen LogP contribution in [0.15, 0.2) is 36.7 Å². The zero-order valence-corrected chi connectivity index (χ0v) is 15.3. The highest BCUT2D eigenvalue weighted by Crippen LogP contribution is 2.21. The molecular weight excluding hydrogens is 320 g/mol. The third kappa shape index (κ3) is 6.88. The van der Waals surface area contributed by atoms with Crippen molar-refractivity contribution in [1.82, 2.24) is 9.97 Å². The predicted octanol–water partition coefficient (Wildman–Crippen LogP) is 6.32. The van der Waals surface area contributed by atoms with Crippen LogP contribution in [0.4, 0.5) is 0 Å². The number of benzene rings is 1. The average Bonchev–Trinajstić information content (AvgIpc) is 2.62. The molecule has 1 aromatic heterocycles. The van der Waals surface area contributed by atoms with Crippen LogP contribution in [-0.2, 0) is 0 Å². The van der Waals surface area contributed by atoms with Crippen LogP contribution in [0.1, 0.15) is 58.3 Å². The average molecular weight is 347 g/mol. The highest BCUT2D eigenvalue weighted by Gasteiger charge is 2.01. The predicted molar refractivity (Wildman–Crippen MR) is 101 cm³/mol. The number of hydrogen-bond donors (Lipinski definition) is 0. The molecule has 0 fully saturated rings. The van der Waals surface area contributed by atoms with Crippen molar-refractivity contribution in [3.8, 4) is 17.0 Å². The molecule has 3 nitrogen and oxygen atoms in total. The van der Waals surface area contributed by atoms with Gasteiger partial charge < -0.3 is 4.74 Å². The van der Waals surface area contributed by atoms with Gasteiger partial charge in [0.2, 0.25) is 0 Å². The van der Waals surface area contributed by atoms with Crippen LogP contribution >= 0.6 is 11.6 Å². The van der Waals surface area contributed by atoms with Crippen molar-refractivity contribution in [3.63, 3.8) is 0 Å². The van der Waals surface area contributed by atoms with Crippen molar-refractivity contribution < 1.29 is 4.74 Å². The van der Waals surface area contributed by atoms with E-state index in [1.165, 1.54) is 44.9 Å². The molecule has 4 heteroatoms. The Morgan fingerprint density at radius 1 is 0.833 bits per heavy atom. The Bertz CT molecular complexity index is 569. The molecule has 0 aliphatic rings. The number of unbranched alkanes of at least 4 members (excludes halogenated alkanes) is 7. The zero-order chi connectivity index (χ0) is 17.0. The Morgan fingerprint density at radius 2 is 1.50 bits per heavy atom. The summed E-state index contributed by atoms with van der Waals surface area (Å²) in [6.07, 6.45) is 13.8. The van der Waals surface area contributed by atoms with E-state index in [0.29, 0.717) is 5.15 Å². The van der Waals surface area contributed by atoms with Gasteiger partial charge in [0.05, 0.1) is 24.7 Å². The van der Waals surface area contributed by atoms with E-state index < -0.39 is 0 Å². The maximum atomic E-state index is 5.80. The van der Waals surface area contributed by atoms with Gasteiger partial charge in [0.15, 0.2) is 0 Å². The van der Waals surface area contributed by atoms with Crippen LogP contribution < -0.4 is 4.74 Å². The number of aromatic nitrogens is 2. The minimum atomic E-state index is 0.407. The summed E-state index contributed by atoms with van der Waals surface area (Å²) in [4.78, 5) is 8.32. The Labute approximate surface area is 150 Å². The summed E-state index contributed by atoms with van der Waals surface area (Å²) in [5, 5.41) is 0.407. The van der Waals surface area contributed by atoms with E-state index in [2.05, 4.69) is 16.9 Å². The molecule has 1 aromatic carbocycles. The minimum Gasteiger partial charge on any atom is -0.494 e. The summed E-state index contributed by atoms with van der Waals surface area (Å²) in [5.74, 6) is 0.906. The molecule has 0 bridgehead atoms. The molecule has 1 heterocycles. The van der Waals surface area contributed by atoms with E-state index in [1.807, 2.05) is 24.3 Å². The largest absolute Gasteiger partial charge is 0.494 e. The van der Waals surface area contributed by atoms with Gasteiger partial charge in [-0.15, -0.1) is 0 Å². The SMILES string of the molecule is CCCCCCCCCCOc1ccc(-c2cnc(Cl)cn2)cc1. The Morgan fingerprint density at radius 3 is 2.12 bits per heavy atom. The van der Waals surface area contributed by atoms with Crippen LogP contribution in [0, 0.1) is 0 Å². The summed E-state index contributed by atoms with van der Waals surface area (Å²) in [7, 11) is 0. The summed E-state index contributed by atoms with van der Waals surface area (Å²) in [5.41, 5.74) is 1.83. The maximum Gasteiger partial charge on any atom is 0.147 e. The van der Waals surface area contributed by atoms with Crippen molar-refractivity contribution in [3.05, 3.63) is 41.8 Å². The number of hydrogen-bond acceptors (Lipinski definition) is 3. The molecule has 24 heavy (non-hydrogen) atoms. The molecular formula is C20H27ClN2O. The molecule has 0 spiro atoms. The second-order valence-electron chi connectivity index (χ2n) is 6.07. The lowest BCUT2D eigenvalue weighted by atomic mass is 10.1. The monoisotopic (exact) mass is 346 g/mol. The Hall–Kier alpha value is -1.61. The Balaban J connectivity index is 1.63. The van der Waals surface area contributed by atoms with Gasteiger partial charge >= 0.3 is 0 Å². The maximum absolute atomic E-state index is 5.80. The molecule has 0 saturated heterocycles. The van der Waals surface area contributed by atoms with Crippen LogP contribution in [0.25, 0.3) is 11.3 Å². The van der Waals surface area contributed by atoms with Gasteiger partial charge in [0.1, 0.15) is 10.9 Å². The normalized spacial score (nSPS) is 10.8. The van der Waals surface area contributed by atoms with Gasteiger partial charge in [-0.05, 0) is 30.7 Å². The molecule has 0 unspecified atom stereocenters. The van der Waals surface area contributed by atoms with Gasteiger partial charge in [0.25, 0.3) is 0 Å². The first-order valence-corrected chi connectivity index (χ1v) is 9.38. The second-order valence-corrected chi connectivity index (χ2v) is 6.46. The second kappa shape index (κ2) is 11.0. The van der Waals surface area contributed by atoms with Gasteiger partial charge in [-0.1, -0.05) is 63.5 Å². The molecule has 130 valence electrons. The third-order valence-corrected chi connectivity index (χ3v) is 4.23. The molecule has 0 saturated carbocycles. The summed E-state index contributed by atoms with van der Waals surface area (Å²) >= 11 is 5.76. The number of nitrogens with zero attached hydrogens (tertiary/aromatic N) is 2. The van der Waals surface area contributed by atoms with E-state index in [-0.39, 0.29) is 0 Å². The molecule has 2 aromatic rings. The van der Waals surface area contributed by atoms with Gasteiger partial charge in [-0.25, -0.2) is 4.98 Å². The lowest BCUT2D eigenvalue weighted by Crippen LogP contribution is -1.97. The summed E-state index contributed by atoms with van der Waals surface area (Å²) in [6, 6.07) is 7.97. The molecule has 2 rings (SSSR count). The number of rotatable bonds is 11. The van der Waals surface area contributed by atoms with Crippen LogP contribution in [-0.4, -0.2) is 16.6 Å². The fourth-order valence-electron chi connectivity index (χ4n) is 2.61. The molecule has 0 N–H and O–H groups in total. The number of ether oxygens (including phenoxy) is 1. The van der Waals surface area contributed by atoms with Crippen molar-refractivity contribution >= 4 is 11.6 Å². The molecule has 0 aliphatic carbocycles. The lowest BCUT2D eigenvalue weighted by molar-refractivity contribution is 0.304. The van der Waals surface area contributed by atoms with Gasteiger partial charge in [-0.2, -0.15) is 0 Å². The smallest absolute Gasteiger partial charge is 0.147 e. The minimum absolute atomic E-state index is 0.407. The highest BCUT2D eigenvalue weighted by molar-refractivity contribution is 6.29. The standard InChI is InChI=1S/C20H27ClN2O/c1-2-3-4-5-6-7-8-9-14-24-18-12-10-17(11-13-18)19-15-23-20(21)16-22-19/h10-13,15-16H,2-9,14H2,1H3.